The summed E-state index contributed by atoms with van der Waals surface area (Å²) in [6.07, 6.45) is 5.91. The molecule has 0 saturated carbocycles. The molecule has 8 nitrogen and oxygen atoms in total. The number of imidazole rings is 1. The monoisotopic (exact) mass is 501 g/mol. The lowest BCUT2D eigenvalue weighted by atomic mass is 9.85. The fourth-order valence-electron chi connectivity index (χ4n) is 4.81. The van der Waals surface area contributed by atoms with E-state index in [0.29, 0.717) is 49.8 Å². The fourth-order valence-corrected chi connectivity index (χ4v) is 4.81. The minimum absolute atomic E-state index is 0.0453. The average Bonchev–Trinajstić information content (AvgIpc) is 3.50. The van der Waals surface area contributed by atoms with E-state index < -0.39 is 17.7 Å². The number of hydrogen-bond acceptors (Lipinski definition) is 6. The van der Waals surface area contributed by atoms with Crippen LogP contribution in [0.5, 0.6) is 11.5 Å². The zero-order valence-electron chi connectivity index (χ0n) is 21.3. The predicted octanol–water partition coefficient (Wildman–Crippen LogP) is 4.46. The maximum atomic E-state index is 13.3. The molecule has 1 aromatic heterocycles. The topological polar surface area (TPSA) is 93.9 Å². The molecule has 37 heavy (non-hydrogen) atoms. The highest BCUT2D eigenvalue weighted by Gasteiger charge is 2.46. The van der Waals surface area contributed by atoms with E-state index in [1.165, 1.54) is 0 Å². The van der Waals surface area contributed by atoms with Gasteiger partial charge in [-0.2, -0.15) is 0 Å². The van der Waals surface area contributed by atoms with Gasteiger partial charge in [0.15, 0.2) is 11.5 Å². The highest BCUT2D eigenvalue weighted by Crippen LogP contribution is 2.41. The third-order valence-corrected chi connectivity index (χ3v) is 6.82. The molecule has 5 rings (SSSR count). The summed E-state index contributed by atoms with van der Waals surface area (Å²) in [4.78, 5) is 32.2. The minimum Gasteiger partial charge on any atom is -0.507 e. The number of benzene rings is 2. The second-order valence-corrected chi connectivity index (χ2v) is 10.4. The highest BCUT2D eigenvalue weighted by atomic mass is 16.6. The summed E-state index contributed by atoms with van der Waals surface area (Å²) in [5.74, 6) is -0.458. The Morgan fingerprint density at radius 2 is 1.76 bits per heavy atom. The number of rotatable bonds is 6. The Kier molecular flexibility index (Phi) is 6.50. The maximum Gasteiger partial charge on any atom is 0.295 e. The number of nitrogens with zero attached hydrogens (tertiary/aromatic N) is 3. The average molecular weight is 502 g/mol. The van der Waals surface area contributed by atoms with Crippen LogP contribution in [0.15, 0.2) is 66.8 Å². The number of ketones is 1. The molecule has 0 aliphatic carbocycles. The third kappa shape index (κ3) is 4.83. The number of likely N-dealkylation sites (tertiary alicyclic amines) is 1. The normalized spacial score (nSPS) is 18.9. The molecule has 2 aliphatic rings. The van der Waals surface area contributed by atoms with E-state index in [-0.39, 0.29) is 16.7 Å². The first-order valence-electron chi connectivity index (χ1n) is 12.5. The Bertz CT molecular complexity index is 1340. The van der Waals surface area contributed by atoms with Crippen LogP contribution in [-0.4, -0.2) is 51.0 Å². The molecule has 192 valence electrons. The van der Waals surface area contributed by atoms with E-state index in [2.05, 4.69) is 25.8 Å². The molecular formula is C29H31N3O5. The van der Waals surface area contributed by atoms with Gasteiger partial charge in [-0.15, -0.1) is 0 Å². The van der Waals surface area contributed by atoms with Crippen LogP contribution in [0.25, 0.3) is 5.76 Å². The molecule has 0 spiro atoms. The fraction of sp³-hybridized carbons (Fsp3) is 0.345. The molecule has 1 fully saturated rings. The van der Waals surface area contributed by atoms with Crippen molar-refractivity contribution in [3.63, 3.8) is 0 Å². The van der Waals surface area contributed by atoms with Crippen molar-refractivity contribution in [1.82, 2.24) is 14.5 Å². The van der Waals surface area contributed by atoms with E-state index in [4.69, 9.17) is 9.47 Å². The van der Waals surface area contributed by atoms with Crippen molar-refractivity contribution in [1.29, 1.82) is 0 Å². The SMILES string of the molecule is CC(C)(C)c1ccc(C2/C(=C(/O)c3ccc4c(c3)OCCO4)C(=O)C(=O)N2CCCn2ccnc2)cc1. The van der Waals surface area contributed by atoms with Gasteiger partial charge in [0.1, 0.15) is 19.0 Å². The lowest BCUT2D eigenvalue weighted by molar-refractivity contribution is -0.139. The summed E-state index contributed by atoms with van der Waals surface area (Å²) in [6, 6.07) is 12.2. The van der Waals surface area contributed by atoms with E-state index in [1.807, 2.05) is 35.0 Å². The van der Waals surface area contributed by atoms with Crippen molar-refractivity contribution >= 4 is 17.4 Å². The quantitative estimate of drug-likeness (QED) is 0.304. The number of carbonyl (C=O) groups is 2. The van der Waals surface area contributed by atoms with Crippen molar-refractivity contribution < 1.29 is 24.2 Å². The van der Waals surface area contributed by atoms with Crippen LogP contribution in [0.4, 0.5) is 0 Å². The Morgan fingerprint density at radius 1 is 1.03 bits per heavy atom. The summed E-state index contributed by atoms with van der Waals surface area (Å²) < 4.78 is 13.2. The number of aliphatic hydroxyl groups excluding tert-OH is 1. The van der Waals surface area contributed by atoms with Crippen molar-refractivity contribution in [2.75, 3.05) is 19.8 Å². The number of ether oxygens (including phenoxy) is 2. The summed E-state index contributed by atoms with van der Waals surface area (Å²) in [5.41, 5.74) is 2.34. The number of aryl methyl sites for hydroxylation is 1. The summed E-state index contributed by atoms with van der Waals surface area (Å²) in [5, 5.41) is 11.4. The van der Waals surface area contributed by atoms with E-state index >= 15 is 0 Å². The van der Waals surface area contributed by atoms with Gasteiger partial charge in [0.2, 0.25) is 0 Å². The van der Waals surface area contributed by atoms with Gasteiger partial charge in [0.05, 0.1) is 17.9 Å². The van der Waals surface area contributed by atoms with E-state index in [1.54, 1.807) is 35.6 Å². The van der Waals surface area contributed by atoms with Crippen LogP contribution >= 0.6 is 0 Å². The van der Waals surface area contributed by atoms with Gasteiger partial charge >= 0.3 is 0 Å². The van der Waals surface area contributed by atoms with Gasteiger partial charge in [-0.05, 0) is 41.2 Å². The zero-order valence-corrected chi connectivity index (χ0v) is 21.3. The first-order chi connectivity index (χ1) is 17.7. The van der Waals surface area contributed by atoms with Crippen LogP contribution in [0.1, 0.15) is 49.9 Å². The molecule has 8 heteroatoms. The second-order valence-electron chi connectivity index (χ2n) is 10.4. The summed E-state index contributed by atoms with van der Waals surface area (Å²) in [7, 11) is 0. The number of Topliss-reactive ketones (excluding diaryl/α,β-unsaturated/α-hetero) is 1. The number of aliphatic hydroxyl groups is 1. The molecule has 1 unspecified atom stereocenters. The smallest absolute Gasteiger partial charge is 0.295 e. The molecule has 0 bridgehead atoms. The third-order valence-electron chi connectivity index (χ3n) is 6.82. The zero-order chi connectivity index (χ0) is 26.2. The number of fused-ring (bicyclic) bond motifs is 1. The predicted molar refractivity (Wildman–Crippen MR) is 138 cm³/mol. The minimum atomic E-state index is -0.704. The van der Waals surface area contributed by atoms with E-state index in [0.717, 1.165) is 11.1 Å². The standard InChI is InChI=1S/C29H31N3O5/c1-29(2,3)21-8-5-19(6-9-21)25-24(26(33)20-7-10-22-23(17-20)37-16-15-36-22)27(34)28(35)32(25)13-4-12-31-14-11-30-18-31/h5-11,14,17-18,25,33H,4,12-13,15-16H2,1-3H3/b26-24-. The van der Waals surface area contributed by atoms with Crippen LogP contribution in [-0.2, 0) is 21.5 Å². The van der Waals surface area contributed by atoms with Crippen molar-refractivity contribution in [3.05, 3.63) is 83.4 Å². The van der Waals surface area contributed by atoms with Crippen LogP contribution in [0, 0.1) is 0 Å². The largest absolute Gasteiger partial charge is 0.507 e. The lowest BCUT2D eigenvalue weighted by Gasteiger charge is -2.26. The Morgan fingerprint density at radius 3 is 2.43 bits per heavy atom. The molecule has 2 aliphatic heterocycles. The molecule has 1 N–H and O–H groups in total. The first kappa shape index (κ1) is 24.6. The van der Waals surface area contributed by atoms with Gasteiger partial charge in [0, 0.05) is 31.0 Å². The Hall–Kier alpha value is -4.07. The Labute approximate surface area is 216 Å². The van der Waals surface area contributed by atoms with Gasteiger partial charge in [-0.25, -0.2) is 4.98 Å². The van der Waals surface area contributed by atoms with Crippen molar-refractivity contribution in [2.24, 2.45) is 0 Å². The number of carbonyl (C=O) groups excluding carboxylic acids is 2. The van der Waals surface area contributed by atoms with Crippen molar-refractivity contribution in [3.8, 4) is 11.5 Å². The van der Waals surface area contributed by atoms with Gasteiger partial charge in [0.25, 0.3) is 11.7 Å². The lowest BCUT2D eigenvalue weighted by Crippen LogP contribution is -2.31. The van der Waals surface area contributed by atoms with Crippen LogP contribution in [0.2, 0.25) is 0 Å². The maximum absolute atomic E-state index is 13.3. The molecule has 3 heterocycles. The number of hydrogen-bond donors (Lipinski definition) is 1. The van der Waals surface area contributed by atoms with E-state index in [9.17, 15) is 14.7 Å². The molecular weight excluding hydrogens is 470 g/mol. The summed E-state index contributed by atoms with van der Waals surface area (Å²) >= 11 is 0. The van der Waals surface area contributed by atoms with Crippen LogP contribution < -0.4 is 9.47 Å². The molecule has 1 saturated heterocycles. The molecule has 1 amide bonds. The molecule has 3 aromatic rings. The first-order valence-corrected chi connectivity index (χ1v) is 12.5. The molecule has 2 aromatic carbocycles. The summed E-state index contributed by atoms with van der Waals surface area (Å²) in [6.45, 7) is 8.25. The number of amides is 1. The molecule has 0 radical (unpaired) electrons. The second kappa shape index (κ2) is 9.76. The van der Waals surface area contributed by atoms with Crippen LogP contribution in [0.3, 0.4) is 0 Å². The van der Waals surface area contributed by atoms with Gasteiger partial charge in [-0.1, -0.05) is 45.0 Å². The highest BCUT2D eigenvalue weighted by molar-refractivity contribution is 6.46. The van der Waals surface area contributed by atoms with Gasteiger partial charge in [-0.3, -0.25) is 9.59 Å². The number of aromatic nitrogens is 2. The molecule has 1 atom stereocenters. The van der Waals surface area contributed by atoms with Crippen molar-refractivity contribution in [2.45, 2.75) is 45.2 Å². The Balaban J connectivity index is 1.54. The van der Waals surface area contributed by atoms with Gasteiger partial charge < -0.3 is 24.0 Å².